The summed E-state index contributed by atoms with van der Waals surface area (Å²) in [6, 6.07) is 4.39. The van der Waals surface area contributed by atoms with Gasteiger partial charge in [0.2, 0.25) is 0 Å². The lowest BCUT2D eigenvalue weighted by Gasteiger charge is -2.28. The van der Waals surface area contributed by atoms with Crippen LogP contribution in [0, 0.1) is 10.1 Å². The van der Waals surface area contributed by atoms with Crippen LogP contribution in [0.2, 0.25) is 0 Å². The SMILES string of the molecule is CN(C(=O)OC(C)(C)C)[C@@H](Cc1ccc([N+](=O)[O-])cc1)C(=O)O. The average Bonchev–Trinajstić information content (AvgIpc) is 2.42. The third-order valence-corrected chi connectivity index (χ3v) is 3.01. The number of carbonyl (C=O) groups is 2. The van der Waals surface area contributed by atoms with E-state index in [-0.39, 0.29) is 12.1 Å². The predicted octanol–water partition coefficient (Wildman–Crippen LogP) is 2.46. The highest BCUT2D eigenvalue weighted by Crippen LogP contribution is 2.16. The summed E-state index contributed by atoms with van der Waals surface area (Å²) in [6.45, 7) is 5.06. The van der Waals surface area contributed by atoms with Gasteiger partial charge < -0.3 is 9.84 Å². The Balaban J connectivity index is 2.88. The summed E-state index contributed by atoms with van der Waals surface area (Å²) >= 11 is 0. The molecule has 0 saturated carbocycles. The van der Waals surface area contributed by atoms with E-state index in [0.29, 0.717) is 5.56 Å². The Bertz CT molecular complexity index is 591. The molecule has 1 rings (SSSR count). The molecule has 126 valence electrons. The molecule has 0 unspecified atom stereocenters. The first-order chi connectivity index (χ1) is 10.5. The van der Waals surface area contributed by atoms with Crippen molar-refractivity contribution in [2.45, 2.75) is 38.8 Å². The van der Waals surface area contributed by atoms with Crippen LogP contribution in [0.3, 0.4) is 0 Å². The topological polar surface area (TPSA) is 110 Å². The number of rotatable bonds is 5. The zero-order valence-corrected chi connectivity index (χ0v) is 13.5. The number of amides is 1. The molecule has 0 aliphatic heterocycles. The number of nitro benzene ring substituents is 1. The number of aliphatic carboxylic acids is 1. The number of carboxylic acid groups (broad SMARTS) is 1. The summed E-state index contributed by atoms with van der Waals surface area (Å²) in [5.74, 6) is -1.18. The van der Waals surface area contributed by atoms with Gasteiger partial charge in [-0.2, -0.15) is 0 Å². The minimum Gasteiger partial charge on any atom is -0.480 e. The monoisotopic (exact) mass is 324 g/mol. The molecule has 0 aromatic heterocycles. The van der Waals surface area contributed by atoms with Crippen molar-refractivity contribution in [3.63, 3.8) is 0 Å². The number of non-ortho nitro benzene ring substituents is 1. The summed E-state index contributed by atoms with van der Waals surface area (Å²) in [5.41, 5.74) is -0.249. The Hall–Kier alpha value is -2.64. The van der Waals surface area contributed by atoms with E-state index < -0.39 is 28.6 Å². The molecule has 0 heterocycles. The van der Waals surface area contributed by atoms with Crippen molar-refractivity contribution in [3.8, 4) is 0 Å². The fraction of sp³-hybridized carbons (Fsp3) is 0.467. The van der Waals surface area contributed by atoms with Crippen LogP contribution in [-0.4, -0.2) is 45.7 Å². The molecule has 23 heavy (non-hydrogen) atoms. The van der Waals surface area contributed by atoms with Gasteiger partial charge in [-0.3, -0.25) is 15.0 Å². The maximum atomic E-state index is 12.0. The molecule has 8 nitrogen and oxygen atoms in total. The van der Waals surface area contributed by atoms with Crippen molar-refractivity contribution >= 4 is 17.7 Å². The summed E-state index contributed by atoms with van der Waals surface area (Å²) < 4.78 is 5.15. The molecule has 0 spiro atoms. The second-order valence-electron chi connectivity index (χ2n) is 6.07. The van der Waals surface area contributed by atoms with Crippen LogP contribution in [0.4, 0.5) is 10.5 Å². The molecule has 0 aliphatic carbocycles. The first kappa shape index (κ1) is 18.4. The Morgan fingerprint density at radius 2 is 1.83 bits per heavy atom. The number of carbonyl (C=O) groups excluding carboxylic acids is 1. The number of hydrogen-bond acceptors (Lipinski definition) is 5. The molecule has 1 amide bonds. The third kappa shape index (κ3) is 5.57. The van der Waals surface area contributed by atoms with Gasteiger partial charge in [0.25, 0.3) is 5.69 Å². The first-order valence-corrected chi connectivity index (χ1v) is 6.93. The molecular formula is C15H20N2O6. The fourth-order valence-electron chi connectivity index (χ4n) is 1.83. The number of ether oxygens (including phenoxy) is 1. The molecule has 0 aliphatic rings. The molecule has 8 heteroatoms. The van der Waals surface area contributed by atoms with Gasteiger partial charge in [0.05, 0.1) is 4.92 Å². The lowest BCUT2D eigenvalue weighted by atomic mass is 10.0. The maximum absolute atomic E-state index is 12.0. The zero-order valence-electron chi connectivity index (χ0n) is 13.5. The predicted molar refractivity (Wildman–Crippen MR) is 82.2 cm³/mol. The van der Waals surface area contributed by atoms with Gasteiger partial charge in [0, 0.05) is 25.6 Å². The summed E-state index contributed by atoms with van der Waals surface area (Å²) in [6.07, 6.45) is -0.727. The second kappa shape index (κ2) is 7.08. The number of nitro groups is 1. The van der Waals surface area contributed by atoms with E-state index >= 15 is 0 Å². The molecule has 1 aromatic rings. The van der Waals surface area contributed by atoms with Gasteiger partial charge in [0.1, 0.15) is 11.6 Å². The smallest absolute Gasteiger partial charge is 0.410 e. The Labute approximate surface area is 133 Å². The number of nitrogens with zero attached hydrogens (tertiary/aromatic N) is 2. The average molecular weight is 324 g/mol. The minimum atomic E-state index is -1.18. The van der Waals surface area contributed by atoms with Crippen molar-refractivity contribution in [2.24, 2.45) is 0 Å². The number of benzene rings is 1. The van der Waals surface area contributed by atoms with Crippen molar-refractivity contribution in [3.05, 3.63) is 39.9 Å². The summed E-state index contributed by atoms with van der Waals surface area (Å²) in [4.78, 5) is 34.5. The lowest BCUT2D eigenvalue weighted by molar-refractivity contribution is -0.384. The Morgan fingerprint density at radius 1 is 1.30 bits per heavy atom. The molecule has 1 N–H and O–H groups in total. The first-order valence-electron chi connectivity index (χ1n) is 6.93. The van der Waals surface area contributed by atoms with Gasteiger partial charge in [0.15, 0.2) is 0 Å². The highest BCUT2D eigenvalue weighted by molar-refractivity contribution is 5.80. The fourth-order valence-corrected chi connectivity index (χ4v) is 1.83. The van der Waals surface area contributed by atoms with Crippen molar-refractivity contribution in [1.82, 2.24) is 4.90 Å². The quantitative estimate of drug-likeness (QED) is 0.658. The zero-order chi connectivity index (χ0) is 17.8. The Morgan fingerprint density at radius 3 is 2.22 bits per heavy atom. The van der Waals surface area contributed by atoms with E-state index in [1.165, 1.54) is 31.3 Å². The van der Waals surface area contributed by atoms with Crippen LogP contribution in [-0.2, 0) is 16.0 Å². The van der Waals surface area contributed by atoms with Crippen molar-refractivity contribution < 1.29 is 24.4 Å². The maximum Gasteiger partial charge on any atom is 0.410 e. The molecule has 1 atom stereocenters. The van der Waals surface area contributed by atoms with E-state index in [4.69, 9.17) is 4.74 Å². The molecule has 0 fully saturated rings. The standard InChI is InChI=1S/C15H20N2O6/c1-15(2,3)23-14(20)16(4)12(13(18)19)9-10-5-7-11(8-6-10)17(21)22/h5-8,12H,9H2,1-4H3,(H,18,19)/t12-/m0/s1. The third-order valence-electron chi connectivity index (χ3n) is 3.01. The largest absolute Gasteiger partial charge is 0.480 e. The van der Waals surface area contributed by atoms with Crippen LogP contribution < -0.4 is 0 Å². The van der Waals surface area contributed by atoms with Gasteiger partial charge in [-0.15, -0.1) is 0 Å². The highest BCUT2D eigenvalue weighted by Gasteiger charge is 2.30. The van der Waals surface area contributed by atoms with Crippen LogP contribution in [0.5, 0.6) is 0 Å². The number of likely N-dealkylation sites (N-methyl/N-ethyl adjacent to an activating group) is 1. The molecule has 0 bridgehead atoms. The van der Waals surface area contributed by atoms with E-state index in [1.807, 2.05) is 0 Å². The molecule has 0 radical (unpaired) electrons. The molecule has 0 saturated heterocycles. The van der Waals surface area contributed by atoms with Crippen LogP contribution >= 0.6 is 0 Å². The van der Waals surface area contributed by atoms with E-state index in [0.717, 1.165) is 4.90 Å². The number of carboxylic acids is 1. The van der Waals surface area contributed by atoms with Gasteiger partial charge >= 0.3 is 12.1 Å². The molecular weight excluding hydrogens is 304 g/mol. The van der Waals surface area contributed by atoms with Gasteiger partial charge in [-0.05, 0) is 26.3 Å². The number of hydrogen-bond donors (Lipinski definition) is 1. The molecule has 1 aromatic carbocycles. The summed E-state index contributed by atoms with van der Waals surface area (Å²) in [5, 5.41) is 20.0. The minimum absolute atomic E-state index is 0.0169. The van der Waals surface area contributed by atoms with Crippen molar-refractivity contribution in [1.29, 1.82) is 0 Å². The van der Waals surface area contributed by atoms with E-state index in [9.17, 15) is 24.8 Å². The van der Waals surface area contributed by atoms with Gasteiger partial charge in [-0.25, -0.2) is 9.59 Å². The highest BCUT2D eigenvalue weighted by atomic mass is 16.6. The Kier molecular flexibility index (Phi) is 5.67. The van der Waals surface area contributed by atoms with Crippen LogP contribution in [0.25, 0.3) is 0 Å². The normalized spacial score (nSPS) is 12.3. The van der Waals surface area contributed by atoms with Crippen LogP contribution in [0.15, 0.2) is 24.3 Å². The van der Waals surface area contributed by atoms with Gasteiger partial charge in [-0.1, -0.05) is 12.1 Å². The lowest BCUT2D eigenvalue weighted by Crippen LogP contribution is -2.46. The van der Waals surface area contributed by atoms with E-state index in [1.54, 1.807) is 20.8 Å². The second-order valence-corrected chi connectivity index (χ2v) is 6.07. The van der Waals surface area contributed by atoms with E-state index in [2.05, 4.69) is 0 Å². The van der Waals surface area contributed by atoms with Crippen LogP contribution in [0.1, 0.15) is 26.3 Å². The van der Waals surface area contributed by atoms with Crippen molar-refractivity contribution in [2.75, 3.05) is 7.05 Å². The summed E-state index contributed by atoms with van der Waals surface area (Å²) in [7, 11) is 1.35.